The number of hydrogen-bond donors (Lipinski definition) is 1. The molecule has 2 saturated carbocycles. The molecule has 1 aromatic rings. The first-order valence-corrected chi connectivity index (χ1v) is 11.3. The fraction of sp³-hybridized carbons (Fsp3) is 0.600. The predicted molar refractivity (Wildman–Crippen MR) is 105 cm³/mol. The molecule has 3 fully saturated rings. The highest BCUT2D eigenvalue weighted by Gasteiger charge is 2.40. The van der Waals surface area contributed by atoms with Crippen LogP contribution in [-0.4, -0.2) is 38.7 Å². The third kappa shape index (κ3) is 4.03. The van der Waals surface area contributed by atoms with Gasteiger partial charge in [0.1, 0.15) is 5.84 Å². The van der Waals surface area contributed by atoms with Crippen LogP contribution in [0.1, 0.15) is 44.9 Å². The fourth-order valence-electron chi connectivity index (χ4n) is 4.89. The Bertz CT molecular complexity index is 848. The number of likely N-dealkylation sites (tertiary alicyclic amines) is 1. The van der Waals surface area contributed by atoms with Gasteiger partial charge in [-0.15, -0.1) is 4.40 Å². The van der Waals surface area contributed by atoms with Gasteiger partial charge in [-0.05, 0) is 67.7 Å². The minimum atomic E-state index is -3.71. The summed E-state index contributed by atoms with van der Waals surface area (Å²) in [5.74, 6) is 2.70. The molecule has 0 spiro atoms. The van der Waals surface area contributed by atoms with E-state index in [9.17, 15) is 13.2 Å². The maximum absolute atomic E-state index is 12.5. The van der Waals surface area contributed by atoms with Crippen molar-refractivity contribution >= 4 is 27.5 Å². The molecule has 6 nitrogen and oxygen atoms in total. The molecule has 1 heterocycles. The van der Waals surface area contributed by atoms with Gasteiger partial charge in [0.25, 0.3) is 10.0 Å². The minimum Gasteiger partial charge on any atom is -0.362 e. The topological polar surface area (TPSA) is 78.8 Å². The van der Waals surface area contributed by atoms with Gasteiger partial charge in [0.2, 0.25) is 5.91 Å². The summed E-state index contributed by atoms with van der Waals surface area (Å²) >= 11 is 0. The van der Waals surface area contributed by atoms with Crippen molar-refractivity contribution in [3.8, 4) is 0 Å². The Morgan fingerprint density at radius 3 is 2.59 bits per heavy atom. The molecule has 7 heteroatoms. The molecule has 2 aliphatic carbocycles. The van der Waals surface area contributed by atoms with E-state index in [2.05, 4.69) is 9.71 Å². The number of amidine groups is 1. The number of fused-ring (bicyclic) bond motifs is 2. The average molecular weight is 390 g/mol. The first-order valence-electron chi connectivity index (χ1n) is 9.85. The molecule has 1 saturated heterocycles. The van der Waals surface area contributed by atoms with Gasteiger partial charge in [0.15, 0.2) is 0 Å². The van der Waals surface area contributed by atoms with Gasteiger partial charge in [-0.25, -0.2) is 0 Å². The summed E-state index contributed by atoms with van der Waals surface area (Å²) in [7, 11) is -1.86. The van der Waals surface area contributed by atoms with Crippen molar-refractivity contribution in [2.24, 2.45) is 22.2 Å². The zero-order chi connectivity index (χ0) is 19.0. The molecule has 4 rings (SSSR count). The van der Waals surface area contributed by atoms with E-state index in [1.807, 2.05) is 11.9 Å². The second-order valence-corrected chi connectivity index (χ2v) is 9.82. The molecule has 3 atom stereocenters. The highest BCUT2D eigenvalue weighted by molar-refractivity contribution is 7.90. The van der Waals surface area contributed by atoms with Crippen molar-refractivity contribution in [3.05, 3.63) is 24.3 Å². The van der Waals surface area contributed by atoms with Crippen molar-refractivity contribution in [3.63, 3.8) is 0 Å². The van der Waals surface area contributed by atoms with Crippen LogP contribution in [0.2, 0.25) is 0 Å². The van der Waals surface area contributed by atoms with Crippen LogP contribution < -0.4 is 5.32 Å². The third-order valence-corrected chi connectivity index (χ3v) is 7.65. The number of benzene rings is 1. The molecule has 0 radical (unpaired) electrons. The third-order valence-electron chi connectivity index (χ3n) is 6.33. The molecule has 0 aromatic heterocycles. The van der Waals surface area contributed by atoms with Crippen molar-refractivity contribution in [1.29, 1.82) is 0 Å². The molecule has 1 aliphatic heterocycles. The number of rotatable bonds is 5. The molecule has 3 aliphatic rings. The van der Waals surface area contributed by atoms with Crippen molar-refractivity contribution in [1.82, 2.24) is 4.90 Å². The number of carbonyl (C=O) groups is 1. The Hall–Kier alpha value is -1.89. The second-order valence-electron chi connectivity index (χ2n) is 8.22. The van der Waals surface area contributed by atoms with E-state index in [0.29, 0.717) is 30.3 Å². The summed E-state index contributed by atoms with van der Waals surface area (Å²) in [6.07, 6.45) is 7.27. The Morgan fingerprint density at radius 2 is 2.00 bits per heavy atom. The van der Waals surface area contributed by atoms with Crippen LogP contribution >= 0.6 is 0 Å². The van der Waals surface area contributed by atoms with Crippen molar-refractivity contribution in [2.45, 2.75) is 49.8 Å². The van der Waals surface area contributed by atoms with Crippen LogP contribution in [0.25, 0.3) is 0 Å². The van der Waals surface area contributed by atoms with Crippen molar-refractivity contribution in [2.75, 3.05) is 18.9 Å². The molecule has 2 bridgehead atoms. The SMILES string of the molecule is CN1CCCC1=NS(=O)(=O)c1ccc(NC(=O)C[C@H]2C[C@@H]3CC[C@@H]2C3)cc1. The largest absolute Gasteiger partial charge is 0.362 e. The highest BCUT2D eigenvalue weighted by atomic mass is 32.2. The van der Waals surface area contributed by atoms with Gasteiger partial charge in [-0.3, -0.25) is 4.79 Å². The second kappa shape index (κ2) is 7.26. The summed E-state index contributed by atoms with van der Waals surface area (Å²) < 4.78 is 28.9. The van der Waals surface area contributed by atoms with E-state index in [4.69, 9.17) is 0 Å². The molecule has 0 unspecified atom stereocenters. The fourth-order valence-corrected chi connectivity index (χ4v) is 5.98. The molecule has 1 amide bonds. The predicted octanol–water partition coefficient (Wildman–Crippen LogP) is 3.26. The first kappa shape index (κ1) is 18.5. The van der Waals surface area contributed by atoms with Gasteiger partial charge >= 0.3 is 0 Å². The Balaban J connectivity index is 1.38. The Labute approximate surface area is 161 Å². The van der Waals surface area contributed by atoms with Gasteiger partial charge in [0, 0.05) is 32.1 Å². The minimum absolute atomic E-state index is 0.0241. The smallest absolute Gasteiger partial charge is 0.283 e. The summed E-state index contributed by atoms with van der Waals surface area (Å²) in [6, 6.07) is 6.32. The quantitative estimate of drug-likeness (QED) is 0.838. The molecule has 1 aromatic carbocycles. The van der Waals surface area contributed by atoms with Crippen LogP contribution in [-0.2, 0) is 14.8 Å². The number of nitrogens with zero attached hydrogens (tertiary/aromatic N) is 2. The molecule has 146 valence electrons. The standard InChI is InChI=1S/C20H27N3O3S/c1-23-10-2-3-19(23)22-27(25,26)18-8-6-17(7-9-18)21-20(24)13-16-12-14-4-5-15(16)11-14/h6-9,14-16H,2-5,10-13H2,1H3,(H,21,24)/t14-,15-,16-/m1/s1. The summed E-state index contributed by atoms with van der Waals surface area (Å²) in [6.45, 7) is 0.835. The zero-order valence-electron chi connectivity index (χ0n) is 15.7. The molecule has 27 heavy (non-hydrogen) atoms. The van der Waals surface area contributed by atoms with E-state index in [1.54, 1.807) is 12.1 Å². The highest BCUT2D eigenvalue weighted by Crippen LogP contribution is 2.49. The average Bonchev–Trinajstić information content (AvgIpc) is 3.33. The van der Waals surface area contributed by atoms with Gasteiger partial charge in [0.05, 0.1) is 4.90 Å². The summed E-state index contributed by atoms with van der Waals surface area (Å²) in [4.78, 5) is 14.4. The van der Waals surface area contributed by atoms with Gasteiger partial charge in [-0.2, -0.15) is 8.42 Å². The molecular weight excluding hydrogens is 362 g/mol. The van der Waals surface area contributed by atoms with Crippen LogP contribution in [0.15, 0.2) is 33.6 Å². The van der Waals surface area contributed by atoms with Crippen LogP contribution in [0, 0.1) is 17.8 Å². The van der Waals surface area contributed by atoms with Crippen LogP contribution in [0.5, 0.6) is 0 Å². The van der Waals surface area contributed by atoms with Gasteiger partial charge < -0.3 is 10.2 Å². The normalized spacial score (nSPS) is 28.9. The number of nitrogens with one attached hydrogen (secondary N) is 1. The first-order chi connectivity index (χ1) is 12.9. The maximum Gasteiger partial charge on any atom is 0.283 e. The maximum atomic E-state index is 12.5. The zero-order valence-corrected chi connectivity index (χ0v) is 16.5. The van der Waals surface area contributed by atoms with E-state index >= 15 is 0 Å². The number of carbonyl (C=O) groups excluding carboxylic acids is 1. The lowest BCUT2D eigenvalue weighted by Crippen LogP contribution is -2.20. The number of amides is 1. The number of hydrogen-bond acceptors (Lipinski definition) is 3. The Kier molecular flexibility index (Phi) is 4.97. The van der Waals surface area contributed by atoms with Crippen molar-refractivity contribution < 1.29 is 13.2 Å². The number of anilines is 1. The lowest BCUT2D eigenvalue weighted by Gasteiger charge is -2.20. The molecular formula is C20H27N3O3S. The lowest BCUT2D eigenvalue weighted by molar-refractivity contribution is -0.117. The van der Waals surface area contributed by atoms with E-state index in [0.717, 1.165) is 24.8 Å². The van der Waals surface area contributed by atoms with E-state index in [-0.39, 0.29) is 10.8 Å². The number of sulfonamides is 1. The van der Waals surface area contributed by atoms with Gasteiger partial charge in [-0.1, -0.05) is 6.42 Å². The van der Waals surface area contributed by atoms with E-state index in [1.165, 1.54) is 37.8 Å². The van der Waals surface area contributed by atoms with Crippen LogP contribution in [0.4, 0.5) is 5.69 Å². The monoisotopic (exact) mass is 389 g/mol. The lowest BCUT2D eigenvalue weighted by atomic mass is 9.86. The summed E-state index contributed by atoms with van der Waals surface area (Å²) in [5.41, 5.74) is 0.632. The summed E-state index contributed by atoms with van der Waals surface area (Å²) in [5, 5.41) is 2.91. The van der Waals surface area contributed by atoms with Crippen LogP contribution in [0.3, 0.4) is 0 Å². The van der Waals surface area contributed by atoms with E-state index < -0.39 is 10.0 Å². The molecule has 1 N–H and O–H groups in total. The Morgan fingerprint density at radius 1 is 1.22 bits per heavy atom.